The molecule has 1 unspecified atom stereocenters. The quantitative estimate of drug-likeness (QED) is 0.239. The first-order chi connectivity index (χ1) is 20.9. The predicted molar refractivity (Wildman–Crippen MR) is 167 cm³/mol. The summed E-state index contributed by atoms with van der Waals surface area (Å²) < 4.78 is 19.2. The number of benzene rings is 3. The van der Waals surface area contributed by atoms with Crippen molar-refractivity contribution in [2.45, 2.75) is 64.9 Å². The lowest BCUT2D eigenvalue weighted by atomic mass is 9.91. The van der Waals surface area contributed by atoms with E-state index >= 15 is 0 Å². The number of fused-ring (bicyclic) bond motifs is 4. The van der Waals surface area contributed by atoms with Gasteiger partial charge in [-0.3, -0.25) is 4.90 Å². The van der Waals surface area contributed by atoms with E-state index in [2.05, 4.69) is 30.3 Å². The second-order valence-corrected chi connectivity index (χ2v) is 12.7. The molecule has 3 aromatic carbocycles. The number of amides is 1. The Morgan fingerprint density at radius 1 is 0.932 bits per heavy atom. The van der Waals surface area contributed by atoms with Gasteiger partial charge >= 0.3 is 12.2 Å². The lowest BCUT2D eigenvalue weighted by Crippen LogP contribution is -2.49. The molecule has 1 aromatic heterocycles. The molecule has 4 aromatic rings. The van der Waals surface area contributed by atoms with Crippen LogP contribution in [0.5, 0.6) is 0 Å². The van der Waals surface area contributed by atoms with Crippen LogP contribution in [-0.2, 0) is 19.8 Å². The van der Waals surface area contributed by atoms with E-state index in [1.165, 1.54) is 9.47 Å². The summed E-state index contributed by atoms with van der Waals surface area (Å²) >= 11 is 0. The smallest absolute Gasteiger partial charge is 0.420 e. The van der Waals surface area contributed by atoms with Crippen LogP contribution < -0.4 is 4.90 Å². The monoisotopic (exact) mass is 589 g/mol. The molecule has 8 nitrogen and oxygen atoms in total. The molecule has 0 spiro atoms. The van der Waals surface area contributed by atoms with Crippen LogP contribution in [0.4, 0.5) is 15.3 Å². The van der Waals surface area contributed by atoms with Gasteiger partial charge in [0.25, 0.3) is 0 Å². The molecule has 1 amide bonds. The fourth-order valence-electron chi connectivity index (χ4n) is 6.29. The van der Waals surface area contributed by atoms with Gasteiger partial charge in [0.1, 0.15) is 30.2 Å². The van der Waals surface area contributed by atoms with E-state index in [0.29, 0.717) is 16.9 Å². The van der Waals surface area contributed by atoms with Crippen LogP contribution >= 0.6 is 0 Å². The molecule has 0 saturated heterocycles. The van der Waals surface area contributed by atoms with Crippen molar-refractivity contribution in [2.75, 3.05) is 11.5 Å². The highest BCUT2D eigenvalue weighted by atomic mass is 16.6. The summed E-state index contributed by atoms with van der Waals surface area (Å²) in [5.41, 5.74) is 5.85. The van der Waals surface area contributed by atoms with Crippen molar-refractivity contribution >= 4 is 17.9 Å². The van der Waals surface area contributed by atoms with Crippen LogP contribution in [-0.4, -0.2) is 35.2 Å². The van der Waals surface area contributed by atoms with Gasteiger partial charge in [0.2, 0.25) is 0 Å². The van der Waals surface area contributed by atoms with E-state index in [1.807, 2.05) is 63.2 Å². The number of hydrogen-bond donors (Lipinski definition) is 0. The molecule has 0 saturated carbocycles. The van der Waals surface area contributed by atoms with Crippen LogP contribution in [0.2, 0.25) is 0 Å². The van der Waals surface area contributed by atoms with E-state index in [9.17, 15) is 14.9 Å². The molecule has 2 heterocycles. The first-order valence-corrected chi connectivity index (χ1v) is 14.7. The molecule has 2 aliphatic rings. The Hall–Kier alpha value is -4.87. The zero-order valence-corrected chi connectivity index (χ0v) is 25.8. The number of aromatic nitrogens is 1. The molecule has 0 bridgehead atoms. The Morgan fingerprint density at radius 3 is 2.18 bits per heavy atom. The molecule has 0 radical (unpaired) electrons. The average molecular weight is 590 g/mol. The Morgan fingerprint density at radius 2 is 1.57 bits per heavy atom. The summed E-state index contributed by atoms with van der Waals surface area (Å²) in [6.45, 7) is 11.2. The third kappa shape index (κ3) is 5.03. The zero-order chi connectivity index (χ0) is 31.4. The first-order valence-electron chi connectivity index (χ1n) is 14.7. The summed E-state index contributed by atoms with van der Waals surface area (Å²) in [6.07, 6.45) is -1.74. The fourth-order valence-corrected chi connectivity index (χ4v) is 6.29. The van der Waals surface area contributed by atoms with Gasteiger partial charge in [-0.25, -0.2) is 14.2 Å². The molecule has 8 heteroatoms. The SMILES string of the molecule is CC1OC(C)(C)c2cc(-c3ccc(C#N)n3C(=O)OC(C)(C)C)ccc2N1C(=O)OCC1c2ccccc2-c2ccccc21. The highest BCUT2D eigenvalue weighted by molar-refractivity contribution is 5.91. The number of hydrogen-bond acceptors (Lipinski definition) is 6. The third-order valence-corrected chi connectivity index (χ3v) is 8.13. The standard InChI is InChI=1S/C36H35N3O5/c1-22-38(33(40)42-21-29-27-13-9-7-11-25(27)26-12-8-10-14-28(26)29)32-17-15-23(19-30(32)36(5,6)43-22)31-18-16-24(20-37)39(31)34(41)44-35(2,3)4/h7-19,22,29H,21H2,1-6H3. The van der Waals surface area contributed by atoms with Gasteiger partial charge in [0.15, 0.2) is 0 Å². The number of carbonyl (C=O) groups excluding carboxylic acids is 2. The Balaban J connectivity index is 1.32. The van der Waals surface area contributed by atoms with Crippen molar-refractivity contribution in [3.8, 4) is 28.5 Å². The van der Waals surface area contributed by atoms with Crippen molar-refractivity contribution in [1.82, 2.24) is 4.57 Å². The summed E-state index contributed by atoms with van der Waals surface area (Å²) in [5, 5.41) is 9.71. The van der Waals surface area contributed by atoms with Gasteiger partial charge in [-0.2, -0.15) is 5.26 Å². The second-order valence-electron chi connectivity index (χ2n) is 12.7. The van der Waals surface area contributed by atoms with Crippen molar-refractivity contribution in [3.05, 3.63) is 101 Å². The third-order valence-electron chi connectivity index (χ3n) is 8.13. The van der Waals surface area contributed by atoms with Gasteiger partial charge in [-0.1, -0.05) is 54.6 Å². The van der Waals surface area contributed by atoms with E-state index in [4.69, 9.17) is 14.2 Å². The van der Waals surface area contributed by atoms with Gasteiger partial charge in [0, 0.05) is 11.5 Å². The summed E-state index contributed by atoms with van der Waals surface area (Å²) in [4.78, 5) is 28.4. The van der Waals surface area contributed by atoms with Gasteiger partial charge < -0.3 is 14.2 Å². The zero-order valence-electron chi connectivity index (χ0n) is 25.8. The molecular formula is C36H35N3O5. The number of ether oxygens (including phenoxy) is 3. The van der Waals surface area contributed by atoms with Crippen LogP contribution in [0.25, 0.3) is 22.4 Å². The number of nitrogens with zero attached hydrogens (tertiary/aromatic N) is 3. The Bertz CT molecular complexity index is 1780. The molecule has 1 aliphatic heterocycles. The fraction of sp³-hybridized carbons (Fsp3) is 0.306. The number of carbonyl (C=O) groups is 2. The van der Waals surface area contributed by atoms with Crippen LogP contribution in [0.3, 0.4) is 0 Å². The average Bonchev–Trinajstić information content (AvgIpc) is 3.54. The Kier molecular flexibility index (Phi) is 7.10. The highest BCUT2D eigenvalue weighted by Gasteiger charge is 2.41. The second kappa shape index (κ2) is 10.7. The van der Waals surface area contributed by atoms with Crippen molar-refractivity contribution in [2.24, 2.45) is 0 Å². The number of rotatable bonds is 3. The van der Waals surface area contributed by atoms with Gasteiger partial charge in [0.05, 0.1) is 17.0 Å². The Labute approximate surface area is 257 Å². The summed E-state index contributed by atoms with van der Waals surface area (Å²) in [6, 6.07) is 27.4. The molecule has 1 atom stereocenters. The minimum Gasteiger partial charge on any atom is -0.448 e. The van der Waals surface area contributed by atoms with Crippen molar-refractivity contribution in [1.29, 1.82) is 5.26 Å². The number of anilines is 1. The highest BCUT2D eigenvalue weighted by Crippen LogP contribution is 2.46. The molecule has 224 valence electrons. The topological polar surface area (TPSA) is 93.8 Å². The van der Waals surface area contributed by atoms with Crippen LogP contribution in [0, 0.1) is 11.3 Å². The van der Waals surface area contributed by atoms with Crippen LogP contribution in [0.15, 0.2) is 78.9 Å². The molecule has 44 heavy (non-hydrogen) atoms. The predicted octanol–water partition coefficient (Wildman–Crippen LogP) is 8.18. The van der Waals surface area contributed by atoms with E-state index in [1.54, 1.807) is 32.9 Å². The molecule has 0 fully saturated rings. The van der Waals surface area contributed by atoms with Crippen LogP contribution in [0.1, 0.15) is 69.8 Å². The maximum atomic E-state index is 13.8. The molecule has 0 N–H and O–H groups in total. The molecular weight excluding hydrogens is 554 g/mol. The van der Waals surface area contributed by atoms with Gasteiger partial charge in [-0.15, -0.1) is 0 Å². The maximum Gasteiger partial charge on any atom is 0.420 e. The van der Waals surface area contributed by atoms with Crippen molar-refractivity contribution in [3.63, 3.8) is 0 Å². The van der Waals surface area contributed by atoms with E-state index in [-0.39, 0.29) is 18.2 Å². The summed E-state index contributed by atoms with van der Waals surface area (Å²) in [7, 11) is 0. The van der Waals surface area contributed by atoms with Crippen molar-refractivity contribution < 1.29 is 23.8 Å². The molecule has 1 aliphatic carbocycles. The normalized spacial score (nSPS) is 16.8. The van der Waals surface area contributed by atoms with Gasteiger partial charge in [-0.05, 0) is 93.6 Å². The minimum absolute atomic E-state index is 0.0689. The first kappa shape index (κ1) is 29.2. The largest absolute Gasteiger partial charge is 0.448 e. The number of nitriles is 1. The minimum atomic E-state index is -0.758. The summed E-state index contributed by atoms with van der Waals surface area (Å²) in [5.74, 6) is -0.0689. The lowest BCUT2D eigenvalue weighted by Gasteiger charge is -2.43. The lowest BCUT2D eigenvalue weighted by molar-refractivity contribution is -0.0766. The van der Waals surface area contributed by atoms with E-state index in [0.717, 1.165) is 27.8 Å². The maximum absolute atomic E-state index is 13.8. The molecule has 6 rings (SSSR count). The van der Waals surface area contributed by atoms with E-state index < -0.39 is 29.6 Å².